The highest BCUT2D eigenvalue weighted by Crippen LogP contribution is 2.45. The van der Waals surface area contributed by atoms with Crippen LogP contribution < -0.4 is 14.2 Å². The first-order chi connectivity index (χ1) is 49.0. The van der Waals surface area contributed by atoms with Crippen LogP contribution in [0, 0.1) is 31.6 Å². The van der Waals surface area contributed by atoms with E-state index in [0.717, 1.165) is 169 Å². The zero-order valence-corrected chi connectivity index (χ0v) is 60.3. The van der Waals surface area contributed by atoms with E-state index in [-0.39, 0.29) is 34.6 Å². The molecule has 516 valence electrons. The average molecular weight is 1400 g/mol. The second-order valence-electron chi connectivity index (χ2n) is 27.2. The SMILES string of the molecule is C[C@H]1CCN(CCOc2ccc(-c3c(C(=O)c4ccccc4)sc4cc(O)ccc34)cc2)C1.Cc1ccc(C(=O)c2sc3cc(O)ccc3c2-c2ccc(OCCN3CC[C@H](C)C3)cc2)cc1.Cc1ccccc1C(=O)c1sc2cc(O)ccc2c1-c1ccc(OCCN2CC[C@H](C)C2)cc1. The van der Waals surface area contributed by atoms with Gasteiger partial charge in [0.2, 0.25) is 17.3 Å². The van der Waals surface area contributed by atoms with Crippen molar-refractivity contribution in [3.05, 3.63) is 249 Å². The number of ketones is 3. The largest absolute Gasteiger partial charge is 0.508 e. The van der Waals surface area contributed by atoms with Gasteiger partial charge >= 0.3 is 0 Å². The molecular weight excluding hydrogens is 1320 g/mol. The molecular formula is C86H85N3O9S3. The van der Waals surface area contributed by atoms with Crippen molar-refractivity contribution >= 4 is 81.6 Å². The van der Waals surface area contributed by atoms with Gasteiger partial charge in [-0.3, -0.25) is 29.1 Å². The predicted octanol–water partition coefficient (Wildman–Crippen LogP) is 19.3. The van der Waals surface area contributed by atoms with Crippen molar-refractivity contribution in [2.24, 2.45) is 17.8 Å². The van der Waals surface area contributed by atoms with Gasteiger partial charge in [0, 0.05) is 103 Å². The minimum atomic E-state index is -0.00791. The van der Waals surface area contributed by atoms with Crippen LogP contribution in [-0.4, -0.2) is 126 Å². The standard InChI is InChI=1S/2C29H29NO3S.C28H27NO3S/c1-19-3-5-22(6-4-19)28(32)29-27(25-12-9-23(31)17-26(25)34-29)21-7-10-24(11-8-21)33-16-15-30-14-13-20(2)18-30;1-19-13-14-30(18-19)15-16-33-23-10-7-21(8-11-23)27-25-12-9-22(31)17-26(25)34-29(27)28(32)24-6-4-3-5-20(24)2;1-19-13-14-29(18-19)15-16-32-23-10-7-20(8-11-23)26-24-12-9-22(30)17-25(24)33-28(26)27(31)21-5-3-2-4-6-21/h3-12,17,20,31H,13-16,18H2,1-2H3;3-12,17,19,31H,13-16,18H2,1-2H3;2-12,17,19,30H,13-16,18H2,1H3/t20-;2*19-/m000/s1. The Hall–Kier alpha value is -9.45. The van der Waals surface area contributed by atoms with Crippen LogP contribution in [0.3, 0.4) is 0 Å². The highest BCUT2D eigenvalue weighted by atomic mass is 32.1. The molecule has 3 atom stereocenters. The van der Waals surface area contributed by atoms with Gasteiger partial charge in [0.05, 0.1) is 14.6 Å². The van der Waals surface area contributed by atoms with E-state index in [1.807, 2.05) is 184 Å². The lowest BCUT2D eigenvalue weighted by Crippen LogP contribution is -2.25. The Morgan fingerprint density at radius 2 is 0.733 bits per heavy atom. The fourth-order valence-electron chi connectivity index (χ4n) is 13.8. The molecule has 3 aromatic heterocycles. The quantitative estimate of drug-likeness (QED) is 0.0588. The summed E-state index contributed by atoms with van der Waals surface area (Å²) < 4.78 is 20.7. The molecule has 3 N–H and O–H groups in total. The molecule has 3 saturated heterocycles. The van der Waals surface area contributed by atoms with Crippen molar-refractivity contribution in [3.63, 3.8) is 0 Å². The third-order valence-corrected chi connectivity index (χ3v) is 22.8. The Morgan fingerprint density at radius 1 is 0.396 bits per heavy atom. The van der Waals surface area contributed by atoms with E-state index in [0.29, 0.717) is 51.1 Å². The fourth-order valence-corrected chi connectivity index (χ4v) is 17.5. The number of aryl methyl sites for hydroxylation is 2. The number of carbonyl (C=O) groups excluding carboxylic acids is 3. The van der Waals surface area contributed by atoms with Gasteiger partial charge in [0.15, 0.2) is 0 Å². The van der Waals surface area contributed by atoms with E-state index in [1.54, 1.807) is 36.4 Å². The number of hydrogen-bond donors (Lipinski definition) is 3. The van der Waals surface area contributed by atoms with Crippen molar-refractivity contribution in [1.82, 2.24) is 14.7 Å². The van der Waals surface area contributed by atoms with Gasteiger partial charge in [-0.1, -0.05) is 142 Å². The van der Waals surface area contributed by atoms with Crippen molar-refractivity contribution < 1.29 is 43.9 Å². The summed E-state index contributed by atoms with van der Waals surface area (Å²) in [4.78, 5) is 49.9. The Morgan fingerprint density at radius 3 is 1.08 bits per heavy atom. The highest BCUT2D eigenvalue weighted by Gasteiger charge is 2.27. The summed E-state index contributed by atoms with van der Waals surface area (Å²) in [5, 5.41) is 32.9. The molecule has 3 fully saturated rings. The van der Waals surface area contributed by atoms with E-state index in [9.17, 15) is 29.7 Å². The highest BCUT2D eigenvalue weighted by molar-refractivity contribution is 7.22. The summed E-state index contributed by atoms with van der Waals surface area (Å²) >= 11 is 4.28. The van der Waals surface area contributed by atoms with Crippen molar-refractivity contribution in [2.45, 2.75) is 53.9 Å². The van der Waals surface area contributed by atoms with Crippen LogP contribution in [-0.2, 0) is 0 Å². The van der Waals surface area contributed by atoms with Crippen LogP contribution >= 0.6 is 34.0 Å². The molecule has 101 heavy (non-hydrogen) atoms. The minimum absolute atomic E-state index is 0.00384. The number of phenols is 3. The van der Waals surface area contributed by atoms with Gasteiger partial charge in [-0.15, -0.1) is 34.0 Å². The normalized spacial score (nSPS) is 16.3. The molecule has 9 aromatic carbocycles. The maximum atomic E-state index is 13.6. The molecule has 0 unspecified atom stereocenters. The molecule has 0 saturated carbocycles. The van der Waals surface area contributed by atoms with Crippen LogP contribution in [0.4, 0.5) is 0 Å². The van der Waals surface area contributed by atoms with Crippen molar-refractivity contribution in [3.8, 4) is 67.9 Å². The Kier molecular flexibility index (Phi) is 22.2. The van der Waals surface area contributed by atoms with Crippen molar-refractivity contribution in [1.29, 1.82) is 0 Å². The van der Waals surface area contributed by atoms with Gasteiger partial charge < -0.3 is 29.5 Å². The number of hydrogen-bond acceptors (Lipinski definition) is 15. The second kappa shape index (κ2) is 32.0. The smallest absolute Gasteiger partial charge is 0.203 e. The molecule has 12 nitrogen and oxygen atoms in total. The summed E-state index contributed by atoms with van der Waals surface area (Å²) in [5.41, 5.74) is 9.72. The predicted molar refractivity (Wildman–Crippen MR) is 413 cm³/mol. The van der Waals surface area contributed by atoms with Crippen molar-refractivity contribution in [2.75, 3.05) is 78.7 Å². The zero-order chi connectivity index (χ0) is 70.1. The summed E-state index contributed by atoms with van der Waals surface area (Å²) in [6, 6.07) is 64.6. The van der Waals surface area contributed by atoms with E-state index in [1.165, 1.54) is 53.3 Å². The average Bonchev–Trinajstić information content (AvgIpc) is 1.64. The Bertz CT molecular complexity index is 4870. The maximum absolute atomic E-state index is 13.6. The lowest BCUT2D eigenvalue weighted by molar-refractivity contribution is 0.103. The lowest BCUT2D eigenvalue weighted by Gasteiger charge is -2.15. The molecule has 0 spiro atoms. The third-order valence-electron chi connectivity index (χ3n) is 19.4. The van der Waals surface area contributed by atoms with E-state index in [4.69, 9.17) is 14.2 Å². The molecule has 0 aliphatic carbocycles. The number of thiophene rings is 3. The fraction of sp³-hybridized carbons (Fsp3) is 0.267. The number of benzene rings is 9. The molecule has 6 heterocycles. The minimum Gasteiger partial charge on any atom is -0.508 e. The molecule has 3 aliphatic rings. The summed E-state index contributed by atoms with van der Waals surface area (Å²) in [6.45, 7) is 22.6. The second-order valence-corrected chi connectivity index (χ2v) is 30.4. The summed E-state index contributed by atoms with van der Waals surface area (Å²) in [6.07, 6.45) is 3.81. The molecule has 15 heteroatoms. The van der Waals surface area contributed by atoms with Crippen LogP contribution in [0.1, 0.15) is 96.9 Å². The van der Waals surface area contributed by atoms with Crippen LogP contribution in [0.15, 0.2) is 206 Å². The first-order valence-corrected chi connectivity index (χ1v) is 37.5. The molecule has 12 aromatic rings. The number of carbonyl (C=O) groups is 3. The molecule has 0 radical (unpaired) electrons. The lowest BCUT2D eigenvalue weighted by atomic mass is 9.96. The number of aromatic hydroxyl groups is 3. The van der Waals surface area contributed by atoms with E-state index in [2.05, 4.69) is 35.5 Å². The number of ether oxygens (including phenoxy) is 3. The molecule has 15 rings (SSSR count). The number of fused-ring (bicyclic) bond motifs is 3. The van der Waals surface area contributed by atoms with Gasteiger partial charge in [0.25, 0.3) is 0 Å². The van der Waals surface area contributed by atoms with E-state index < -0.39 is 0 Å². The third kappa shape index (κ3) is 16.8. The van der Waals surface area contributed by atoms with Gasteiger partial charge in [-0.25, -0.2) is 0 Å². The monoisotopic (exact) mass is 1400 g/mol. The van der Waals surface area contributed by atoms with Gasteiger partial charge in [0.1, 0.15) is 54.3 Å². The van der Waals surface area contributed by atoms with E-state index >= 15 is 0 Å². The summed E-state index contributed by atoms with van der Waals surface area (Å²) in [7, 11) is 0. The molecule has 0 amide bonds. The first kappa shape index (κ1) is 70.0. The van der Waals surface area contributed by atoms with Gasteiger partial charge in [-0.05, 0) is 184 Å². The Labute approximate surface area is 603 Å². The summed E-state index contributed by atoms with van der Waals surface area (Å²) in [5.74, 6) is 5.42. The van der Waals surface area contributed by atoms with Crippen LogP contribution in [0.5, 0.6) is 34.5 Å². The Balaban J connectivity index is 0.000000135. The number of nitrogens with zero attached hydrogens (tertiary/aromatic N) is 3. The maximum Gasteiger partial charge on any atom is 0.203 e. The number of likely N-dealkylation sites (tertiary alicyclic amines) is 3. The molecule has 3 aliphatic heterocycles. The van der Waals surface area contributed by atoms with Crippen LogP contribution in [0.25, 0.3) is 63.6 Å². The topological polar surface area (TPSA) is 149 Å². The molecule has 0 bridgehead atoms. The first-order valence-electron chi connectivity index (χ1n) is 35.0. The number of phenolic OH excluding ortho intramolecular Hbond substituents is 3. The number of rotatable bonds is 21. The van der Waals surface area contributed by atoms with Gasteiger partial charge in [-0.2, -0.15) is 0 Å². The zero-order valence-electron chi connectivity index (χ0n) is 57.8. The van der Waals surface area contributed by atoms with Crippen LogP contribution in [0.2, 0.25) is 0 Å².